The Morgan fingerprint density at radius 1 is 0.913 bits per heavy atom. The minimum Gasteiger partial charge on any atom is -0.441 e. The third-order valence-corrected chi connectivity index (χ3v) is 9.72. The number of aliphatic hydroxyl groups is 3. The van der Waals surface area contributed by atoms with Crippen LogP contribution in [0, 0.1) is 6.92 Å². The quantitative estimate of drug-likeness (QED) is 0.183. The summed E-state index contributed by atoms with van der Waals surface area (Å²) in [7, 11) is 0. The second-order valence-electron chi connectivity index (χ2n) is 11.9. The molecule has 4 N–H and O–H groups in total. The molecule has 1 amide bonds. The molecule has 1 aliphatic carbocycles. The van der Waals surface area contributed by atoms with Gasteiger partial charge in [-0.2, -0.15) is 4.37 Å². The van der Waals surface area contributed by atoms with E-state index in [9.17, 15) is 24.9 Å². The number of aliphatic hydroxyl groups excluding tert-OH is 3. The number of nitrogens with zero attached hydrogens (tertiary/aromatic N) is 1. The van der Waals surface area contributed by atoms with Crippen LogP contribution in [0.2, 0.25) is 0 Å². The van der Waals surface area contributed by atoms with Crippen LogP contribution in [0.1, 0.15) is 49.6 Å². The normalized spacial score (nSPS) is 24.1. The van der Waals surface area contributed by atoms with Gasteiger partial charge in [0.25, 0.3) is 0 Å². The van der Waals surface area contributed by atoms with Crippen LogP contribution in [0.4, 0.5) is 10.5 Å². The molecule has 6 rings (SSSR count). The summed E-state index contributed by atoms with van der Waals surface area (Å²) >= 11 is 1.30. The smallest absolute Gasteiger partial charge is 0.412 e. The lowest BCUT2D eigenvalue weighted by Gasteiger charge is -2.38. The molecule has 0 spiro atoms. The first-order valence-electron chi connectivity index (χ1n) is 15.2. The Hall–Kier alpha value is -4.13. The number of carbonyl (C=O) groups is 2. The van der Waals surface area contributed by atoms with Crippen molar-refractivity contribution in [3.63, 3.8) is 0 Å². The lowest BCUT2D eigenvalue weighted by molar-refractivity contribution is -0.285. The summed E-state index contributed by atoms with van der Waals surface area (Å²) in [5, 5.41) is 33.1. The van der Waals surface area contributed by atoms with E-state index in [2.05, 4.69) is 9.69 Å². The van der Waals surface area contributed by atoms with E-state index in [1.54, 1.807) is 0 Å². The maximum atomic E-state index is 13.2. The molecule has 3 aromatic carbocycles. The molecule has 4 aromatic rings. The molecule has 6 atom stereocenters. The Labute approximate surface area is 270 Å². The number of hydrogen-bond acceptors (Lipinski definition) is 10. The van der Waals surface area contributed by atoms with Crippen molar-refractivity contribution in [3.8, 4) is 21.6 Å². The Morgan fingerprint density at radius 3 is 2.15 bits per heavy atom. The molecule has 2 aliphatic rings. The van der Waals surface area contributed by atoms with E-state index in [0.717, 1.165) is 32.7 Å². The number of nitrogens with one attached hydrogen (secondary N) is 1. The molecule has 0 radical (unpaired) electrons. The molecular formula is C35H36N2O8S. The molecule has 5 unspecified atom stereocenters. The highest BCUT2D eigenvalue weighted by Gasteiger charge is 2.55. The summed E-state index contributed by atoms with van der Waals surface area (Å²) in [4.78, 5) is 26.7. The van der Waals surface area contributed by atoms with Crippen LogP contribution in [0.15, 0.2) is 78.9 Å². The molecule has 11 heteroatoms. The van der Waals surface area contributed by atoms with Crippen LogP contribution in [0.5, 0.6) is 0 Å². The molecule has 0 bridgehead atoms. The van der Waals surface area contributed by atoms with E-state index >= 15 is 0 Å². The fraction of sp³-hybridized carbons (Fsp3) is 0.343. The lowest BCUT2D eigenvalue weighted by atomic mass is 9.93. The number of carbonyl (C=O) groups excluding carboxylic acids is 2. The molecule has 1 saturated carbocycles. The first-order chi connectivity index (χ1) is 22.1. The monoisotopic (exact) mass is 644 g/mol. The predicted octanol–water partition coefficient (Wildman–Crippen LogP) is 5.50. The fourth-order valence-electron chi connectivity index (χ4n) is 5.66. The third kappa shape index (κ3) is 6.29. The number of benzene rings is 3. The maximum absolute atomic E-state index is 13.2. The Balaban J connectivity index is 1.11. The minimum absolute atomic E-state index is 0.408. The maximum Gasteiger partial charge on any atom is 0.412 e. The second kappa shape index (κ2) is 12.9. The largest absolute Gasteiger partial charge is 0.441 e. The fourth-order valence-corrected chi connectivity index (χ4v) is 6.51. The summed E-state index contributed by atoms with van der Waals surface area (Å²) in [5.74, 6) is -0.535. The highest BCUT2D eigenvalue weighted by Crippen LogP contribution is 2.50. The molecule has 46 heavy (non-hydrogen) atoms. The first kappa shape index (κ1) is 31.8. The highest BCUT2D eigenvalue weighted by atomic mass is 32.1. The minimum atomic E-state index is -1.55. The molecule has 10 nitrogen and oxygen atoms in total. The van der Waals surface area contributed by atoms with Gasteiger partial charge in [0.05, 0.1) is 27.8 Å². The number of amides is 1. The summed E-state index contributed by atoms with van der Waals surface area (Å²) < 4.78 is 21.0. The lowest BCUT2D eigenvalue weighted by Crippen LogP contribution is -2.58. The van der Waals surface area contributed by atoms with Gasteiger partial charge in [-0.25, -0.2) is 4.79 Å². The number of esters is 1. The summed E-state index contributed by atoms with van der Waals surface area (Å²) in [6, 6.07) is 25.1. The van der Waals surface area contributed by atoms with Crippen molar-refractivity contribution in [1.82, 2.24) is 4.37 Å². The number of aryl methyl sites for hydroxylation is 1. The average molecular weight is 645 g/mol. The van der Waals surface area contributed by atoms with Crippen LogP contribution >= 0.6 is 11.5 Å². The van der Waals surface area contributed by atoms with Gasteiger partial charge in [0.1, 0.15) is 24.4 Å². The number of hydrogen-bond donors (Lipinski definition) is 4. The highest BCUT2D eigenvalue weighted by molar-refractivity contribution is 7.10. The number of aromatic nitrogens is 1. The molecule has 2 fully saturated rings. The standard InChI is InChI=1S/C35H36N2O8S/c1-19-27(36-34(42)44-20(2)22-7-5-4-6-8-22)31(46-37-19)25-11-9-23(10-12-25)24-13-15-26(16-14-24)35(17-18-35)33(41)45-32-30(40)29(39)28(38)21(3)43-32/h4-16,20-21,28-30,32,38-40H,17-18H2,1-3H3,(H,36,42)/t20-,21?,28?,29?,30?,32?/m1/s1. The van der Waals surface area contributed by atoms with Crippen LogP contribution in [0.3, 0.4) is 0 Å². The van der Waals surface area contributed by atoms with Crippen molar-refractivity contribution in [1.29, 1.82) is 0 Å². The van der Waals surface area contributed by atoms with E-state index in [1.807, 2.05) is 92.7 Å². The number of anilines is 1. The van der Waals surface area contributed by atoms with Gasteiger partial charge >= 0.3 is 12.1 Å². The van der Waals surface area contributed by atoms with Crippen LogP contribution in [-0.4, -0.2) is 62.5 Å². The van der Waals surface area contributed by atoms with Gasteiger partial charge in [-0.05, 0) is 73.0 Å². The van der Waals surface area contributed by atoms with Gasteiger partial charge in [0.2, 0.25) is 6.29 Å². The first-order valence-corrected chi connectivity index (χ1v) is 16.0. The third-order valence-electron chi connectivity index (χ3n) is 8.73. The van der Waals surface area contributed by atoms with Crippen LogP contribution < -0.4 is 5.32 Å². The van der Waals surface area contributed by atoms with E-state index in [1.165, 1.54) is 18.5 Å². The van der Waals surface area contributed by atoms with Gasteiger partial charge in [0.15, 0.2) is 0 Å². The van der Waals surface area contributed by atoms with Crippen molar-refractivity contribution < 1.29 is 39.1 Å². The summed E-state index contributed by atoms with van der Waals surface area (Å²) in [6.45, 7) is 5.21. The molecule has 1 aromatic heterocycles. The van der Waals surface area contributed by atoms with Gasteiger partial charge in [0, 0.05) is 0 Å². The van der Waals surface area contributed by atoms with E-state index < -0.39 is 54.3 Å². The van der Waals surface area contributed by atoms with Crippen molar-refractivity contribution >= 4 is 29.3 Å². The SMILES string of the molecule is Cc1nsc(-c2ccc(-c3ccc(C4(C(=O)OC5OC(C)C(O)C(O)C5O)CC4)cc3)cc2)c1NC(=O)O[C@H](C)c1ccccc1. The number of rotatable bonds is 8. The topological polar surface area (TPSA) is 147 Å². The van der Waals surface area contributed by atoms with Crippen molar-refractivity contribution in [2.24, 2.45) is 0 Å². The zero-order valence-electron chi connectivity index (χ0n) is 25.6. The summed E-state index contributed by atoms with van der Waals surface area (Å²) in [6.07, 6.45) is -6.24. The van der Waals surface area contributed by atoms with Crippen molar-refractivity contribution in [3.05, 3.63) is 95.7 Å². The van der Waals surface area contributed by atoms with Crippen molar-refractivity contribution in [2.75, 3.05) is 5.32 Å². The molecular weight excluding hydrogens is 608 g/mol. The Morgan fingerprint density at radius 2 is 1.52 bits per heavy atom. The molecule has 1 aliphatic heterocycles. The van der Waals surface area contributed by atoms with Gasteiger partial charge < -0.3 is 29.5 Å². The Kier molecular flexibility index (Phi) is 8.95. The van der Waals surface area contributed by atoms with Gasteiger partial charge in [-0.15, -0.1) is 0 Å². The van der Waals surface area contributed by atoms with Gasteiger partial charge in [-0.3, -0.25) is 10.1 Å². The Bertz CT molecular complexity index is 1690. The molecule has 1 saturated heterocycles. The average Bonchev–Trinajstić information content (AvgIpc) is 3.81. The molecule has 2 heterocycles. The van der Waals surface area contributed by atoms with E-state index in [4.69, 9.17) is 14.2 Å². The van der Waals surface area contributed by atoms with Crippen LogP contribution in [0.25, 0.3) is 21.6 Å². The number of ether oxygens (including phenoxy) is 3. The van der Waals surface area contributed by atoms with Crippen molar-refractivity contribution in [2.45, 2.75) is 75.8 Å². The van der Waals surface area contributed by atoms with E-state index in [-0.39, 0.29) is 0 Å². The van der Waals surface area contributed by atoms with E-state index in [0.29, 0.717) is 24.2 Å². The zero-order valence-corrected chi connectivity index (χ0v) is 26.4. The van der Waals surface area contributed by atoms with Crippen LogP contribution in [-0.2, 0) is 24.4 Å². The summed E-state index contributed by atoms with van der Waals surface area (Å²) in [5.41, 5.74) is 4.98. The zero-order chi connectivity index (χ0) is 32.6. The molecule has 240 valence electrons. The van der Waals surface area contributed by atoms with Gasteiger partial charge in [-0.1, -0.05) is 78.9 Å². The second-order valence-corrected chi connectivity index (χ2v) is 12.7. The predicted molar refractivity (Wildman–Crippen MR) is 172 cm³/mol.